The van der Waals surface area contributed by atoms with E-state index < -0.39 is 5.97 Å². The van der Waals surface area contributed by atoms with Gasteiger partial charge >= 0.3 is 5.97 Å². The summed E-state index contributed by atoms with van der Waals surface area (Å²) in [6.07, 6.45) is 2.64. The topological polar surface area (TPSA) is 87.7 Å². The van der Waals surface area contributed by atoms with Crippen LogP contribution in [0.2, 0.25) is 0 Å². The quantitative estimate of drug-likeness (QED) is 0.295. The van der Waals surface area contributed by atoms with Crippen molar-refractivity contribution in [3.63, 3.8) is 0 Å². The molecule has 204 valence electrons. The summed E-state index contributed by atoms with van der Waals surface area (Å²) in [4.78, 5) is 38.2. The molecule has 0 bridgehead atoms. The molecule has 0 atom stereocenters. The van der Waals surface area contributed by atoms with Crippen molar-refractivity contribution in [1.82, 2.24) is 9.97 Å². The van der Waals surface area contributed by atoms with Crippen LogP contribution < -0.4 is 19.9 Å². The molecular formula is C32H33N5O3. The number of anilines is 3. The monoisotopic (exact) mass is 535 g/mol. The third-order valence-electron chi connectivity index (χ3n) is 6.78. The van der Waals surface area contributed by atoms with Gasteiger partial charge in [0.05, 0.1) is 0 Å². The zero-order valence-electron chi connectivity index (χ0n) is 23.1. The smallest absolute Gasteiger partial charge is 0.308 e. The fourth-order valence-electron chi connectivity index (χ4n) is 4.77. The van der Waals surface area contributed by atoms with E-state index in [9.17, 15) is 9.59 Å². The van der Waals surface area contributed by atoms with E-state index in [-0.39, 0.29) is 5.91 Å². The third-order valence-corrected chi connectivity index (χ3v) is 6.78. The van der Waals surface area contributed by atoms with Gasteiger partial charge < -0.3 is 19.9 Å². The maximum absolute atomic E-state index is 12.8. The molecule has 1 N–H and O–H groups in total. The van der Waals surface area contributed by atoms with Gasteiger partial charge in [-0.25, -0.2) is 9.97 Å². The number of benzene rings is 3. The highest BCUT2D eigenvalue weighted by Gasteiger charge is 2.25. The van der Waals surface area contributed by atoms with Gasteiger partial charge in [-0.05, 0) is 53.8 Å². The van der Waals surface area contributed by atoms with Crippen molar-refractivity contribution in [1.29, 1.82) is 0 Å². The molecule has 0 saturated carbocycles. The summed E-state index contributed by atoms with van der Waals surface area (Å²) in [5.74, 6) is 1.70. The Morgan fingerprint density at radius 1 is 0.875 bits per heavy atom. The van der Waals surface area contributed by atoms with Crippen LogP contribution >= 0.6 is 0 Å². The molecule has 40 heavy (non-hydrogen) atoms. The van der Waals surface area contributed by atoms with Gasteiger partial charge in [0.1, 0.15) is 5.82 Å². The van der Waals surface area contributed by atoms with Crippen molar-refractivity contribution in [3.05, 3.63) is 95.8 Å². The fraction of sp³-hybridized carbons (Fsp3) is 0.250. The fourth-order valence-corrected chi connectivity index (χ4v) is 4.77. The lowest BCUT2D eigenvalue weighted by molar-refractivity contribution is -0.131. The normalized spacial score (nSPS) is 12.7. The largest absolute Gasteiger partial charge is 0.419 e. The molecule has 4 aromatic rings. The van der Waals surface area contributed by atoms with Crippen LogP contribution in [0.4, 0.5) is 17.3 Å². The summed E-state index contributed by atoms with van der Waals surface area (Å²) in [5, 5.41) is 2.97. The van der Waals surface area contributed by atoms with E-state index in [1.165, 1.54) is 6.92 Å². The van der Waals surface area contributed by atoms with Crippen LogP contribution in [0.15, 0.2) is 78.9 Å². The number of esters is 1. The standard InChI is InChI=1S/C32H33N5O3/c1-22(38)40-29-30(36(2)3)34-28(35-31(29)37-19-7-8-20-37)21-23-11-17-27(18-12-23)33-32(39)26-15-13-25(14-16-26)24-9-5-4-6-10-24/h4-6,9-18H,7-8,19-21H2,1-3H3,(H,33,39). The molecular weight excluding hydrogens is 502 g/mol. The van der Waals surface area contributed by atoms with E-state index in [1.54, 1.807) is 0 Å². The van der Waals surface area contributed by atoms with Gasteiger partial charge in [0.2, 0.25) is 5.75 Å². The summed E-state index contributed by atoms with van der Waals surface area (Å²) >= 11 is 0. The zero-order valence-corrected chi connectivity index (χ0v) is 23.1. The minimum absolute atomic E-state index is 0.164. The molecule has 8 nitrogen and oxygen atoms in total. The highest BCUT2D eigenvalue weighted by molar-refractivity contribution is 6.04. The van der Waals surface area contributed by atoms with Gasteiger partial charge in [-0.3, -0.25) is 9.59 Å². The number of hydrogen-bond donors (Lipinski definition) is 1. The second kappa shape index (κ2) is 12.0. The summed E-state index contributed by atoms with van der Waals surface area (Å²) in [6, 6.07) is 25.3. The molecule has 0 unspecified atom stereocenters. The lowest BCUT2D eigenvalue weighted by Crippen LogP contribution is -2.24. The molecule has 3 aromatic carbocycles. The van der Waals surface area contributed by atoms with Gasteiger partial charge in [0.25, 0.3) is 5.91 Å². The Morgan fingerprint density at radius 2 is 1.52 bits per heavy atom. The summed E-state index contributed by atoms with van der Waals surface area (Å²) in [6.45, 7) is 3.11. The molecule has 1 aliphatic heterocycles. The van der Waals surface area contributed by atoms with E-state index in [4.69, 9.17) is 14.7 Å². The number of amides is 1. The Labute approximate surface area is 234 Å². The van der Waals surface area contributed by atoms with Crippen LogP contribution in [0.1, 0.15) is 41.5 Å². The number of carbonyl (C=O) groups excluding carboxylic acids is 2. The third kappa shape index (κ3) is 6.29. The number of nitrogens with one attached hydrogen (secondary N) is 1. The Balaban J connectivity index is 1.30. The summed E-state index contributed by atoms with van der Waals surface area (Å²) in [5.41, 5.74) is 4.48. The molecule has 1 amide bonds. The Morgan fingerprint density at radius 3 is 2.15 bits per heavy atom. The molecule has 1 aromatic heterocycles. The van der Waals surface area contributed by atoms with Crippen molar-refractivity contribution in [2.45, 2.75) is 26.2 Å². The van der Waals surface area contributed by atoms with Crippen LogP contribution in [0.5, 0.6) is 5.75 Å². The van der Waals surface area contributed by atoms with Crippen LogP contribution in [0, 0.1) is 0 Å². The number of ether oxygens (including phenoxy) is 1. The molecule has 1 aliphatic rings. The highest BCUT2D eigenvalue weighted by atomic mass is 16.5. The minimum Gasteiger partial charge on any atom is -0.419 e. The molecule has 0 radical (unpaired) electrons. The van der Waals surface area contributed by atoms with Gasteiger partial charge in [0.15, 0.2) is 11.6 Å². The SMILES string of the molecule is CC(=O)Oc1c(N(C)C)nc(Cc2ccc(NC(=O)c3ccc(-c4ccccc4)cc3)cc2)nc1N1CCCC1. The average molecular weight is 536 g/mol. The van der Waals surface area contributed by atoms with Gasteiger partial charge in [-0.2, -0.15) is 0 Å². The maximum Gasteiger partial charge on any atom is 0.308 e. The first kappa shape index (κ1) is 26.9. The number of hydrogen-bond acceptors (Lipinski definition) is 7. The van der Waals surface area contributed by atoms with Crippen LogP contribution in [-0.4, -0.2) is 49.0 Å². The van der Waals surface area contributed by atoms with Crippen molar-refractivity contribution < 1.29 is 14.3 Å². The van der Waals surface area contributed by atoms with Gasteiger partial charge in [-0.15, -0.1) is 0 Å². The van der Waals surface area contributed by atoms with E-state index in [0.717, 1.165) is 42.6 Å². The van der Waals surface area contributed by atoms with Gasteiger partial charge in [-0.1, -0.05) is 54.6 Å². The summed E-state index contributed by atoms with van der Waals surface area (Å²) < 4.78 is 5.59. The minimum atomic E-state index is -0.398. The number of nitrogens with zero attached hydrogens (tertiary/aromatic N) is 4. The molecule has 0 spiro atoms. The molecule has 5 rings (SSSR count). The predicted octanol–water partition coefficient (Wildman–Crippen LogP) is 5.58. The predicted molar refractivity (Wildman–Crippen MR) is 158 cm³/mol. The molecule has 1 saturated heterocycles. The maximum atomic E-state index is 12.8. The van der Waals surface area contributed by atoms with E-state index in [0.29, 0.717) is 40.9 Å². The number of aromatic nitrogens is 2. The van der Waals surface area contributed by atoms with Crippen molar-refractivity contribution in [2.75, 3.05) is 42.3 Å². The second-order valence-electron chi connectivity index (χ2n) is 10.1. The number of rotatable bonds is 8. The van der Waals surface area contributed by atoms with Crippen LogP contribution in [0.25, 0.3) is 11.1 Å². The van der Waals surface area contributed by atoms with Crippen LogP contribution in [-0.2, 0) is 11.2 Å². The Kier molecular flexibility index (Phi) is 8.05. The van der Waals surface area contributed by atoms with E-state index in [1.807, 2.05) is 97.9 Å². The van der Waals surface area contributed by atoms with Crippen molar-refractivity contribution in [3.8, 4) is 16.9 Å². The molecule has 1 fully saturated rings. The Hall–Kier alpha value is -4.72. The first-order valence-corrected chi connectivity index (χ1v) is 13.4. The van der Waals surface area contributed by atoms with Gasteiger partial charge in [0, 0.05) is 51.8 Å². The number of carbonyl (C=O) groups is 2. The van der Waals surface area contributed by atoms with Crippen molar-refractivity contribution >= 4 is 29.2 Å². The first-order chi connectivity index (χ1) is 19.4. The molecule has 2 heterocycles. The Bertz CT molecular complexity index is 1480. The zero-order chi connectivity index (χ0) is 28.1. The van der Waals surface area contributed by atoms with E-state index >= 15 is 0 Å². The average Bonchev–Trinajstić information content (AvgIpc) is 3.50. The molecule has 8 heteroatoms. The second-order valence-corrected chi connectivity index (χ2v) is 10.1. The van der Waals surface area contributed by atoms with Crippen LogP contribution in [0.3, 0.4) is 0 Å². The lowest BCUT2D eigenvalue weighted by Gasteiger charge is -2.24. The van der Waals surface area contributed by atoms with E-state index in [2.05, 4.69) is 10.2 Å². The highest BCUT2D eigenvalue weighted by Crippen LogP contribution is 2.37. The summed E-state index contributed by atoms with van der Waals surface area (Å²) in [7, 11) is 3.75. The van der Waals surface area contributed by atoms with Crippen molar-refractivity contribution in [2.24, 2.45) is 0 Å². The lowest BCUT2D eigenvalue weighted by atomic mass is 10.0. The first-order valence-electron chi connectivity index (χ1n) is 13.4. The molecule has 0 aliphatic carbocycles.